The number of nitrogens with zero attached hydrogens (tertiary/aromatic N) is 2. The Bertz CT molecular complexity index is 860. The molecule has 2 aromatic rings. The number of carbonyl (C=O) groups is 1. The van der Waals surface area contributed by atoms with Crippen LogP contribution in [0.3, 0.4) is 0 Å². The fourth-order valence-corrected chi connectivity index (χ4v) is 3.39. The number of hydrogen-bond acceptors (Lipinski definition) is 6. The van der Waals surface area contributed by atoms with E-state index in [2.05, 4.69) is 57.2 Å². The monoisotopic (exact) mass is 396 g/mol. The van der Waals surface area contributed by atoms with Crippen LogP contribution in [-0.2, 0) is 20.5 Å². The Morgan fingerprint density at radius 2 is 1.69 bits per heavy atom. The van der Waals surface area contributed by atoms with Gasteiger partial charge in [0.05, 0.1) is 5.69 Å². The predicted octanol–water partition coefficient (Wildman–Crippen LogP) is 5.28. The van der Waals surface area contributed by atoms with Crippen molar-refractivity contribution in [3.8, 4) is 0 Å². The van der Waals surface area contributed by atoms with Crippen LogP contribution in [0.15, 0.2) is 30.3 Å². The summed E-state index contributed by atoms with van der Waals surface area (Å²) in [6.07, 6.45) is 2.82. The van der Waals surface area contributed by atoms with Crippen molar-refractivity contribution in [2.45, 2.75) is 77.4 Å². The quantitative estimate of drug-likeness (QED) is 0.647. The second-order valence-corrected chi connectivity index (χ2v) is 9.85. The van der Waals surface area contributed by atoms with E-state index in [0.717, 1.165) is 42.0 Å². The Morgan fingerprint density at radius 1 is 1.03 bits per heavy atom. The molecule has 0 atom stereocenters. The standard InChI is InChI=1S/C23H32N4O2/c1-21(2,3)18-14-19(27-22(4,5)6)26-20(25-18)24-17-10-8-16(9-11-17)23(29-15-28)12-7-13-23/h8-11,14-15H,7,12-13H2,1-6H3,(H2,24,25,26,27). The molecule has 0 saturated heterocycles. The highest BCUT2D eigenvalue weighted by Crippen LogP contribution is 2.44. The van der Waals surface area contributed by atoms with E-state index in [1.54, 1.807) is 0 Å². The number of ether oxygens (including phenoxy) is 1. The Hall–Kier alpha value is -2.63. The molecule has 1 aliphatic rings. The van der Waals surface area contributed by atoms with Gasteiger partial charge in [-0.1, -0.05) is 32.9 Å². The molecule has 1 aliphatic carbocycles. The van der Waals surface area contributed by atoms with E-state index in [-0.39, 0.29) is 11.0 Å². The summed E-state index contributed by atoms with van der Waals surface area (Å²) in [4.78, 5) is 20.3. The normalized spacial score (nSPS) is 15.9. The van der Waals surface area contributed by atoms with Crippen molar-refractivity contribution in [2.24, 2.45) is 0 Å². The number of carbonyl (C=O) groups excluding carboxylic acids is 1. The van der Waals surface area contributed by atoms with E-state index in [4.69, 9.17) is 9.72 Å². The summed E-state index contributed by atoms with van der Waals surface area (Å²) in [5, 5.41) is 6.75. The molecule has 3 rings (SSSR count). The van der Waals surface area contributed by atoms with Crippen LogP contribution in [0.4, 0.5) is 17.5 Å². The highest BCUT2D eigenvalue weighted by molar-refractivity contribution is 5.57. The van der Waals surface area contributed by atoms with Gasteiger partial charge in [0, 0.05) is 22.7 Å². The molecular formula is C23H32N4O2. The smallest absolute Gasteiger partial charge is 0.293 e. The Balaban J connectivity index is 1.85. The highest BCUT2D eigenvalue weighted by atomic mass is 16.5. The molecule has 156 valence electrons. The lowest BCUT2D eigenvalue weighted by Gasteiger charge is -2.40. The van der Waals surface area contributed by atoms with Crippen LogP contribution in [0.2, 0.25) is 0 Å². The molecule has 1 aromatic heterocycles. The maximum absolute atomic E-state index is 10.9. The summed E-state index contributed by atoms with van der Waals surface area (Å²) in [6, 6.07) is 9.98. The van der Waals surface area contributed by atoms with E-state index in [9.17, 15) is 4.79 Å². The van der Waals surface area contributed by atoms with Gasteiger partial charge in [-0.25, -0.2) is 4.98 Å². The van der Waals surface area contributed by atoms with E-state index in [1.807, 2.05) is 30.3 Å². The van der Waals surface area contributed by atoms with E-state index >= 15 is 0 Å². The van der Waals surface area contributed by atoms with Gasteiger partial charge in [0.1, 0.15) is 11.4 Å². The van der Waals surface area contributed by atoms with Crippen molar-refractivity contribution >= 4 is 23.9 Å². The topological polar surface area (TPSA) is 76.1 Å². The van der Waals surface area contributed by atoms with Gasteiger partial charge in [-0.3, -0.25) is 4.79 Å². The Labute approximate surface area is 173 Å². The predicted molar refractivity (Wildman–Crippen MR) is 117 cm³/mol. The van der Waals surface area contributed by atoms with Crippen LogP contribution >= 0.6 is 0 Å². The summed E-state index contributed by atoms with van der Waals surface area (Å²) in [6.45, 7) is 13.3. The number of benzene rings is 1. The van der Waals surface area contributed by atoms with Crippen molar-refractivity contribution < 1.29 is 9.53 Å². The number of anilines is 3. The lowest BCUT2D eigenvalue weighted by molar-refractivity contribution is -0.155. The molecule has 1 fully saturated rings. The first-order valence-electron chi connectivity index (χ1n) is 10.2. The number of nitrogens with one attached hydrogen (secondary N) is 2. The van der Waals surface area contributed by atoms with Gasteiger partial charge in [0.15, 0.2) is 0 Å². The Morgan fingerprint density at radius 3 is 2.17 bits per heavy atom. The average Bonchev–Trinajstić information content (AvgIpc) is 2.56. The molecule has 0 unspecified atom stereocenters. The molecule has 6 nitrogen and oxygen atoms in total. The average molecular weight is 397 g/mol. The first-order valence-corrected chi connectivity index (χ1v) is 10.2. The molecule has 0 aliphatic heterocycles. The van der Waals surface area contributed by atoms with Crippen molar-refractivity contribution in [3.63, 3.8) is 0 Å². The maximum Gasteiger partial charge on any atom is 0.293 e. The largest absolute Gasteiger partial charge is 0.456 e. The van der Waals surface area contributed by atoms with Gasteiger partial charge in [0.2, 0.25) is 5.95 Å². The van der Waals surface area contributed by atoms with Crippen LogP contribution < -0.4 is 10.6 Å². The van der Waals surface area contributed by atoms with Crippen LogP contribution in [0.5, 0.6) is 0 Å². The summed E-state index contributed by atoms with van der Waals surface area (Å²) in [7, 11) is 0. The minimum Gasteiger partial charge on any atom is -0.456 e. The van der Waals surface area contributed by atoms with Gasteiger partial charge in [-0.15, -0.1) is 0 Å². The molecular weight excluding hydrogens is 364 g/mol. The SMILES string of the molecule is CC(C)(C)Nc1cc(C(C)(C)C)nc(Nc2ccc(C3(OC=O)CCC3)cc2)n1. The zero-order valence-corrected chi connectivity index (χ0v) is 18.3. The van der Waals surface area contributed by atoms with Gasteiger partial charge in [0.25, 0.3) is 6.47 Å². The third-order valence-electron chi connectivity index (χ3n) is 5.10. The van der Waals surface area contributed by atoms with Crippen molar-refractivity contribution in [2.75, 3.05) is 10.6 Å². The molecule has 1 aromatic carbocycles. The zero-order valence-electron chi connectivity index (χ0n) is 18.3. The van der Waals surface area contributed by atoms with Crippen LogP contribution in [0.1, 0.15) is 72.1 Å². The summed E-state index contributed by atoms with van der Waals surface area (Å²) in [5.41, 5.74) is 2.24. The van der Waals surface area contributed by atoms with Crippen molar-refractivity contribution in [1.29, 1.82) is 0 Å². The van der Waals surface area contributed by atoms with Gasteiger partial charge >= 0.3 is 0 Å². The first-order chi connectivity index (χ1) is 13.5. The molecule has 2 N–H and O–H groups in total. The number of hydrogen-bond donors (Lipinski definition) is 2. The minimum atomic E-state index is -0.452. The molecule has 29 heavy (non-hydrogen) atoms. The number of rotatable bonds is 6. The molecule has 1 heterocycles. The molecule has 1 saturated carbocycles. The van der Waals surface area contributed by atoms with Gasteiger partial charge in [-0.2, -0.15) is 4.98 Å². The second kappa shape index (κ2) is 7.65. The van der Waals surface area contributed by atoms with E-state index < -0.39 is 5.60 Å². The highest BCUT2D eigenvalue weighted by Gasteiger charge is 2.40. The molecule has 0 radical (unpaired) electrons. The summed E-state index contributed by atoms with van der Waals surface area (Å²) < 4.78 is 5.39. The Kier molecular flexibility index (Phi) is 5.57. The van der Waals surface area contributed by atoms with Crippen LogP contribution in [0, 0.1) is 0 Å². The number of aromatic nitrogens is 2. The maximum atomic E-state index is 10.9. The van der Waals surface area contributed by atoms with Crippen LogP contribution in [-0.4, -0.2) is 22.0 Å². The molecule has 0 bridgehead atoms. The first kappa shape index (κ1) is 21.1. The van der Waals surface area contributed by atoms with E-state index in [1.165, 1.54) is 0 Å². The van der Waals surface area contributed by atoms with Crippen molar-refractivity contribution in [1.82, 2.24) is 9.97 Å². The lowest BCUT2D eigenvalue weighted by Crippen LogP contribution is -2.36. The fourth-order valence-electron chi connectivity index (χ4n) is 3.39. The third-order valence-corrected chi connectivity index (χ3v) is 5.10. The van der Waals surface area contributed by atoms with Gasteiger partial charge in [-0.05, 0) is 57.7 Å². The van der Waals surface area contributed by atoms with Gasteiger partial charge < -0.3 is 15.4 Å². The van der Waals surface area contributed by atoms with Crippen LogP contribution in [0.25, 0.3) is 0 Å². The summed E-state index contributed by atoms with van der Waals surface area (Å²) in [5.74, 6) is 1.35. The second-order valence-electron chi connectivity index (χ2n) is 9.85. The fraction of sp³-hybridized carbons (Fsp3) is 0.522. The molecule has 6 heteroatoms. The molecule has 0 spiro atoms. The third kappa shape index (κ3) is 5.05. The lowest BCUT2D eigenvalue weighted by atomic mass is 9.75. The van der Waals surface area contributed by atoms with Crippen molar-refractivity contribution in [3.05, 3.63) is 41.6 Å². The minimum absolute atomic E-state index is 0.0969. The summed E-state index contributed by atoms with van der Waals surface area (Å²) >= 11 is 0. The van der Waals surface area contributed by atoms with E-state index in [0.29, 0.717) is 12.4 Å². The zero-order chi connectivity index (χ0) is 21.3. The molecule has 0 amide bonds.